The van der Waals surface area contributed by atoms with Crippen LogP contribution in [0.4, 0.5) is 21.7 Å². The van der Waals surface area contributed by atoms with Gasteiger partial charge in [0.25, 0.3) is 5.91 Å². The van der Waals surface area contributed by atoms with Gasteiger partial charge >= 0.3 is 0 Å². The van der Waals surface area contributed by atoms with Gasteiger partial charge < -0.3 is 10.6 Å². The molecule has 126 valence electrons. The number of carbonyl (C=O) groups is 1. The van der Waals surface area contributed by atoms with Gasteiger partial charge in [0, 0.05) is 28.8 Å². The predicted molar refractivity (Wildman–Crippen MR) is 95.9 cm³/mol. The Morgan fingerprint density at radius 2 is 1.68 bits per heavy atom. The maximum atomic E-state index is 12.9. The third-order valence-electron chi connectivity index (χ3n) is 3.44. The summed E-state index contributed by atoms with van der Waals surface area (Å²) in [7, 11) is 0. The Morgan fingerprint density at radius 3 is 2.32 bits per heavy atom. The molecule has 1 amide bonds. The lowest BCUT2D eigenvalue weighted by molar-refractivity contribution is 0.102. The number of amides is 1. The lowest BCUT2D eigenvalue weighted by Crippen LogP contribution is -2.13. The summed E-state index contributed by atoms with van der Waals surface area (Å²) >= 11 is 6.04. The minimum absolute atomic E-state index is 0.307. The van der Waals surface area contributed by atoms with Crippen LogP contribution < -0.4 is 10.6 Å². The summed E-state index contributed by atoms with van der Waals surface area (Å²) in [5.41, 5.74) is 2.47. The van der Waals surface area contributed by atoms with Crippen molar-refractivity contribution in [2.75, 3.05) is 10.6 Å². The summed E-state index contributed by atoms with van der Waals surface area (Å²) in [6, 6.07) is 11.1. The second-order valence-corrected chi connectivity index (χ2v) is 5.75. The zero-order valence-electron chi connectivity index (χ0n) is 13.3. The summed E-state index contributed by atoms with van der Waals surface area (Å²) < 4.78 is 12.9. The van der Waals surface area contributed by atoms with Crippen LogP contribution in [0.2, 0.25) is 5.02 Å². The van der Waals surface area contributed by atoms with E-state index in [1.54, 1.807) is 24.3 Å². The fourth-order valence-corrected chi connectivity index (χ4v) is 2.23. The van der Waals surface area contributed by atoms with Crippen LogP contribution in [0.25, 0.3) is 0 Å². The molecule has 3 aromatic rings. The van der Waals surface area contributed by atoms with Gasteiger partial charge in [-0.1, -0.05) is 17.7 Å². The van der Waals surface area contributed by atoms with Crippen molar-refractivity contribution >= 4 is 34.8 Å². The third kappa shape index (κ3) is 4.30. The fourth-order valence-electron chi connectivity index (χ4n) is 2.05. The second kappa shape index (κ2) is 7.27. The Labute approximate surface area is 148 Å². The zero-order valence-corrected chi connectivity index (χ0v) is 14.0. The molecule has 5 nitrogen and oxygen atoms in total. The summed E-state index contributed by atoms with van der Waals surface area (Å²) in [6.45, 7) is 1.88. The Balaban J connectivity index is 1.67. The molecule has 2 aromatic carbocycles. The van der Waals surface area contributed by atoms with E-state index < -0.39 is 0 Å². The van der Waals surface area contributed by atoms with Crippen LogP contribution in [-0.4, -0.2) is 15.9 Å². The topological polar surface area (TPSA) is 66.9 Å². The molecule has 2 N–H and O–H groups in total. The van der Waals surface area contributed by atoms with E-state index in [1.807, 2.05) is 13.0 Å². The number of nitrogens with zero attached hydrogens (tertiary/aromatic N) is 2. The van der Waals surface area contributed by atoms with Crippen molar-refractivity contribution in [2.45, 2.75) is 6.92 Å². The molecule has 0 fully saturated rings. The van der Waals surface area contributed by atoms with Gasteiger partial charge in [-0.25, -0.2) is 14.4 Å². The first-order valence-electron chi connectivity index (χ1n) is 7.43. The molecule has 0 spiro atoms. The number of aryl methyl sites for hydroxylation is 1. The molecular formula is C18H14ClFN4O. The Morgan fingerprint density at radius 1 is 1.04 bits per heavy atom. The van der Waals surface area contributed by atoms with Crippen molar-refractivity contribution in [2.24, 2.45) is 0 Å². The number of carbonyl (C=O) groups excluding carboxylic acids is 1. The second-order valence-electron chi connectivity index (χ2n) is 5.35. The third-order valence-corrected chi connectivity index (χ3v) is 3.85. The van der Waals surface area contributed by atoms with Gasteiger partial charge in [-0.3, -0.25) is 4.79 Å². The van der Waals surface area contributed by atoms with E-state index in [1.165, 1.54) is 24.5 Å². The minimum Gasteiger partial charge on any atom is -0.324 e. The molecule has 25 heavy (non-hydrogen) atoms. The van der Waals surface area contributed by atoms with Crippen LogP contribution in [-0.2, 0) is 0 Å². The van der Waals surface area contributed by atoms with Gasteiger partial charge in [0.1, 0.15) is 5.82 Å². The van der Waals surface area contributed by atoms with Crippen molar-refractivity contribution < 1.29 is 9.18 Å². The van der Waals surface area contributed by atoms with Gasteiger partial charge in [-0.05, 0) is 48.9 Å². The molecule has 3 rings (SSSR count). The number of hydrogen-bond donors (Lipinski definition) is 2. The average molecular weight is 357 g/mol. The molecule has 0 radical (unpaired) electrons. The van der Waals surface area contributed by atoms with Crippen LogP contribution in [0.3, 0.4) is 0 Å². The molecule has 1 heterocycles. The Hall–Kier alpha value is -2.99. The summed E-state index contributed by atoms with van der Waals surface area (Å²) in [4.78, 5) is 20.4. The molecule has 0 saturated carbocycles. The molecule has 0 atom stereocenters. The average Bonchev–Trinajstić information content (AvgIpc) is 2.61. The molecule has 0 aliphatic heterocycles. The van der Waals surface area contributed by atoms with E-state index in [4.69, 9.17) is 11.6 Å². The van der Waals surface area contributed by atoms with Crippen LogP contribution in [0.5, 0.6) is 0 Å². The van der Waals surface area contributed by atoms with Crippen molar-refractivity contribution in [3.63, 3.8) is 0 Å². The molecule has 0 aliphatic carbocycles. The van der Waals surface area contributed by atoms with Crippen molar-refractivity contribution in [3.8, 4) is 0 Å². The molecule has 0 bridgehead atoms. The fraction of sp³-hybridized carbons (Fsp3) is 0.0556. The van der Waals surface area contributed by atoms with E-state index in [-0.39, 0.29) is 11.7 Å². The van der Waals surface area contributed by atoms with Crippen LogP contribution in [0, 0.1) is 12.7 Å². The summed E-state index contributed by atoms with van der Waals surface area (Å²) in [5, 5.41) is 6.24. The number of nitrogens with one attached hydrogen (secondary N) is 2. The van der Waals surface area contributed by atoms with E-state index in [9.17, 15) is 9.18 Å². The number of aromatic nitrogens is 2. The SMILES string of the molecule is Cc1ccc(NC(=O)c2cnc(Nc3ccc(F)cc3)nc2)cc1Cl. The van der Waals surface area contributed by atoms with E-state index in [2.05, 4.69) is 20.6 Å². The number of rotatable bonds is 4. The molecular weight excluding hydrogens is 343 g/mol. The van der Waals surface area contributed by atoms with Crippen molar-refractivity contribution in [3.05, 3.63) is 76.8 Å². The van der Waals surface area contributed by atoms with Gasteiger partial charge in [-0.15, -0.1) is 0 Å². The molecule has 0 aliphatic rings. The van der Waals surface area contributed by atoms with Crippen molar-refractivity contribution in [1.82, 2.24) is 9.97 Å². The lowest BCUT2D eigenvalue weighted by Gasteiger charge is -2.08. The smallest absolute Gasteiger partial charge is 0.258 e. The number of halogens is 2. The van der Waals surface area contributed by atoms with Crippen LogP contribution >= 0.6 is 11.6 Å². The van der Waals surface area contributed by atoms with Gasteiger partial charge in [0.05, 0.1) is 5.56 Å². The first kappa shape index (κ1) is 16.9. The van der Waals surface area contributed by atoms with Crippen LogP contribution in [0.1, 0.15) is 15.9 Å². The Kier molecular flexibility index (Phi) is 4.90. The normalized spacial score (nSPS) is 10.4. The van der Waals surface area contributed by atoms with E-state index in [0.717, 1.165) is 5.56 Å². The van der Waals surface area contributed by atoms with Gasteiger partial charge in [0.15, 0.2) is 0 Å². The summed E-state index contributed by atoms with van der Waals surface area (Å²) in [5.74, 6) is -0.357. The number of benzene rings is 2. The summed E-state index contributed by atoms with van der Waals surface area (Å²) in [6.07, 6.45) is 2.81. The van der Waals surface area contributed by atoms with E-state index in [0.29, 0.717) is 27.9 Å². The molecule has 0 saturated heterocycles. The zero-order chi connectivity index (χ0) is 17.8. The Bertz CT molecular complexity index is 898. The number of hydrogen-bond acceptors (Lipinski definition) is 4. The standard InChI is InChI=1S/C18H14ClFN4O/c1-11-2-5-15(8-16(11)19)23-17(25)12-9-21-18(22-10-12)24-14-6-3-13(20)4-7-14/h2-10H,1H3,(H,23,25)(H,21,22,24). The van der Waals surface area contributed by atoms with Crippen molar-refractivity contribution in [1.29, 1.82) is 0 Å². The van der Waals surface area contributed by atoms with Crippen LogP contribution in [0.15, 0.2) is 54.9 Å². The highest BCUT2D eigenvalue weighted by atomic mass is 35.5. The highest BCUT2D eigenvalue weighted by molar-refractivity contribution is 6.31. The highest BCUT2D eigenvalue weighted by Crippen LogP contribution is 2.20. The maximum absolute atomic E-state index is 12.9. The van der Waals surface area contributed by atoms with Gasteiger partial charge in [0.2, 0.25) is 5.95 Å². The lowest BCUT2D eigenvalue weighted by atomic mass is 10.2. The monoisotopic (exact) mass is 356 g/mol. The maximum Gasteiger partial charge on any atom is 0.258 e. The molecule has 1 aromatic heterocycles. The quantitative estimate of drug-likeness (QED) is 0.718. The molecule has 0 unspecified atom stereocenters. The van der Waals surface area contributed by atoms with Gasteiger partial charge in [-0.2, -0.15) is 0 Å². The highest BCUT2D eigenvalue weighted by Gasteiger charge is 2.09. The first-order chi connectivity index (χ1) is 12.0. The first-order valence-corrected chi connectivity index (χ1v) is 7.81. The predicted octanol–water partition coefficient (Wildman–Crippen LogP) is 4.57. The number of anilines is 3. The molecule has 7 heteroatoms. The van der Waals surface area contributed by atoms with E-state index >= 15 is 0 Å². The largest absolute Gasteiger partial charge is 0.324 e. The minimum atomic E-state index is -0.340.